The zero-order valence-corrected chi connectivity index (χ0v) is 12.9. The highest BCUT2D eigenvalue weighted by Crippen LogP contribution is 2.30. The summed E-state index contributed by atoms with van der Waals surface area (Å²) in [6.45, 7) is 5.35. The van der Waals surface area contributed by atoms with Crippen LogP contribution in [0.5, 0.6) is 0 Å². The summed E-state index contributed by atoms with van der Waals surface area (Å²) >= 11 is 0. The second kappa shape index (κ2) is 6.14. The Kier molecular flexibility index (Phi) is 4.22. The molecule has 5 nitrogen and oxygen atoms in total. The van der Waals surface area contributed by atoms with Crippen molar-refractivity contribution in [1.29, 1.82) is 0 Å². The van der Waals surface area contributed by atoms with Gasteiger partial charge in [-0.05, 0) is 37.3 Å². The van der Waals surface area contributed by atoms with E-state index in [9.17, 15) is 8.78 Å². The maximum absolute atomic E-state index is 13.0. The van der Waals surface area contributed by atoms with Crippen molar-refractivity contribution < 1.29 is 8.78 Å². The summed E-state index contributed by atoms with van der Waals surface area (Å²) in [7, 11) is 0. The van der Waals surface area contributed by atoms with Crippen LogP contribution in [0.2, 0.25) is 0 Å². The first-order valence-corrected chi connectivity index (χ1v) is 7.89. The molecule has 1 aliphatic heterocycles. The number of hydrogen-bond acceptors (Lipinski definition) is 4. The largest absolute Gasteiger partial charge is 0.352 e. The van der Waals surface area contributed by atoms with Crippen molar-refractivity contribution in [1.82, 2.24) is 19.8 Å². The smallest absolute Gasteiger partial charge is 0.299 e. The van der Waals surface area contributed by atoms with Gasteiger partial charge in [0, 0.05) is 12.6 Å². The molecule has 0 bridgehead atoms. The van der Waals surface area contributed by atoms with E-state index in [4.69, 9.17) is 0 Å². The molecule has 2 aromatic heterocycles. The number of fused-ring (bicyclic) bond motifs is 1. The van der Waals surface area contributed by atoms with Crippen molar-refractivity contribution in [2.24, 2.45) is 5.92 Å². The minimum atomic E-state index is -2.68. The summed E-state index contributed by atoms with van der Waals surface area (Å²) in [5.41, 5.74) is 0.358. The van der Waals surface area contributed by atoms with Gasteiger partial charge in [0.15, 0.2) is 5.65 Å². The average molecular weight is 309 g/mol. The minimum absolute atomic E-state index is 0.358. The molecule has 0 amide bonds. The summed E-state index contributed by atoms with van der Waals surface area (Å²) in [4.78, 5) is 2.26. The Labute approximate surface area is 128 Å². The fraction of sp³-hybridized carbons (Fsp3) is 0.667. The quantitative estimate of drug-likeness (QED) is 0.867. The van der Waals surface area contributed by atoms with E-state index in [1.165, 1.54) is 10.9 Å². The highest BCUT2D eigenvalue weighted by Gasteiger charge is 2.29. The van der Waals surface area contributed by atoms with Gasteiger partial charge in [0.25, 0.3) is 6.43 Å². The third-order valence-corrected chi connectivity index (χ3v) is 4.46. The van der Waals surface area contributed by atoms with Crippen molar-refractivity contribution in [3.05, 3.63) is 18.0 Å². The lowest BCUT2D eigenvalue weighted by atomic mass is 9.88. The minimum Gasteiger partial charge on any atom is -0.352 e. The predicted molar refractivity (Wildman–Crippen MR) is 80.2 cm³/mol. The van der Waals surface area contributed by atoms with Crippen molar-refractivity contribution in [3.8, 4) is 0 Å². The molecule has 1 saturated heterocycles. The number of anilines is 1. The summed E-state index contributed by atoms with van der Waals surface area (Å²) in [5, 5.41) is 11.7. The molecule has 0 radical (unpaired) electrons. The van der Waals surface area contributed by atoms with Gasteiger partial charge in [-0.15, -0.1) is 15.3 Å². The van der Waals surface area contributed by atoms with Crippen molar-refractivity contribution in [3.63, 3.8) is 0 Å². The molecule has 0 saturated carbocycles. The van der Waals surface area contributed by atoms with E-state index in [1.54, 1.807) is 6.07 Å². The first-order valence-electron chi connectivity index (χ1n) is 7.89. The molecule has 2 atom stereocenters. The molecule has 2 unspecified atom stereocenters. The lowest BCUT2D eigenvalue weighted by Gasteiger charge is -2.40. The van der Waals surface area contributed by atoms with Gasteiger partial charge < -0.3 is 4.90 Å². The van der Waals surface area contributed by atoms with E-state index in [-0.39, 0.29) is 0 Å². The normalized spacial score (nSPS) is 22.7. The van der Waals surface area contributed by atoms with Crippen LogP contribution in [0, 0.1) is 5.92 Å². The molecule has 0 N–H and O–H groups in total. The molecule has 7 heteroatoms. The monoisotopic (exact) mass is 309 g/mol. The van der Waals surface area contributed by atoms with E-state index in [0.717, 1.165) is 31.6 Å². The molecule has 1 fully saturated rings. The third-order valence-electron chi connectivity index (χ3n) is 4.46. The molecular weight excluding hydrogens is 288 g/mol. The summed E-state index contributed by atoms with van der Waals surface area (Å²) < 4.78 is 27.1. The molecule has 3 rings (SSSR count). The first kappa shape index (κ1) is 15.1. The first-order chi connectivity index (χ1) is 10.6. The predicted octanol–water partition coefficient (Wildman–Crippen LogP) is 3.47. The molecule has 120 valence electrons. The molecule has 0 aromatic carbocycles. The second-order valence-corrected chi connectivity index (χ2v) is 5.99. The highest BCUT2D eigenvalue weighted by atomic mass is 19.3. The van der Waals surface area contributed by atoms with Crippen molar-refractivity contribution in [2.75, 3.05) is 11.4 Å². The van der Waals surface area contributed by atoms with Crippen LogP contribution in [-0.4, -0.2) is 32.4 Å². The number of rotatable bonds is 4. The molecule has 2 aromatic rings. The maximum Gasteiger partial charge on any atom is 0.299 e. The zero-order valence-electron chi connectivity index (χ0n) is 12.9. The number of aromatic nitrogens is 4. The van der Waals surface area contributed by atoms with E-state index < -0.39 is 12.2 Å². The Bertz CT molecular complexity index is 642. The van der Waals surface area contributed by atoms with Gasteiger partial charge in [-0.3, -0.25) is 0 Å². The van der Waals surface area contributed by atoms with E-state index in [0.29, 0.717) is 17.6 Å². The van der Waals surface area contributed by atoms with Crippen LogP contribution in [0.3, 0.4) is 0 Å². The Morgan fingerprint density at radius 2 is 2.14 bits per heavy atom. The second-order valence-electron chi connectivity index (χ2n) is 5.99. The number of hydrogen-bond donors (Lipinski definition) is 0. The van der Waals surface area contributed by atoms with Gasteiger partial charge in [-0.25, -0.2) is 8.78 Å². The summed E-state index contributed by atoms with van der Waals surface area (Å²) in [5.74, 6) is 0.926. The molecule has 0 spiro atoms. The van der Waals surface area contributed by atoms with Gasteiger partial charge in [0.1, 0.15) is 5.82 Å². The summed E-state index contributed by atoms with van der Waals surface area (Å²) in [6.07, 6.45) is 1.82. The van der Waals surface area contributed by atoms with E-state index >= 15 is 0 Å². The van der Waals surface area contributed by atoms with Gasteiger partial charge in [0.05, 0.1) is 0 Å². The Hall–Kier alpha value is -1.79. The van der Waals surface area contributed by atoms with Crippen LogP contribution in [0.15, 0.2) is 12.1 Å². The molecule has 1 aliphatic rings. The number of halogens is 2. The van der Waals surface area contributed by atoms with Crippen molar-refractivity contribution in [2.45, 2.75) is 52.0 Å². The lowest BCUT2D eigenvalue weighted by molar-refractivity contribution is 0.137. The average Bonchev–Trinajstić information content (AvgIpc) is 2.92. The topological polar surface area (TPSA) is 46.3 Å². The zero-order chi connectivity index (χ0) is 15.7. The Morgan fingerprint density at radius 1 is 1.32 bits per heavy atom. The highest BCUT2D eigenvalue weighted by molar-refractivity contribution is 5.47. The Morgan fingerprint density at radius 3 is 2.86 bits per heavy atom. The fourth-order valence-electron chi connectivity index (χ4n) is 3.35. The lowest BCUT2D eigenvalue weighted by Crippen LogP contribution is -2.45. The molecule has 22 heavy (non-hydrogen) atoms. The van der Waals surface area contributed by atoms with Gasteiger partial charge in [-0.1, -0.05) is 20.3 Å². The SMILES string of the molecule is CCCC1C(C)CCCN1c1ccc2nnc(C(F)F)n2n1. The van der Waals surface area contributed by atoms with Crippen LogP contribution in [0.4, 0.5) is 14.6 Å². The maximum atomic E-state index is 13.0. The fourth-order valence-corrected chi connectivity index (χ4v) is 3.35. The van der Waals surface area contributed by atoms with Crippen LogP contribution in [0.25, 0.3) is 5.65 Å². The number of piperidine rings is 1. The summed E-state index contributed by atoms with van der Waals surface area (Å²) in [6, 6.07) is 3.99. The van der Waals surface area contributed by atoms with E-state index in [2.05, 4.69) is 34.0 Å². The molecule has 3 heterocycles. The number of nitrogens with zero attached hydrogens (tertiary/aromatic N) is 5. The van der Waals surface area contributed by atoms with E-state index in [1.807, 2.05) is 6.07 Å². The van der Waals surface area contributed by atoms with Crippen molar-refractivity contribution >= 4 is 11.5 Å². The standard InChI is InChI=1S/C15H21F2N5/c1-3-5-11-10(2)6-4-9-21(11)13-8-7-12-18-19-15(14(16)17)22(12)20-13/h7-8,10-11,14H,3-6,9H2,1-2H3. The molecular formula is C15H21F2N5. The third kappa shape index (κ3) is 2.64. The van der Waals surface area contributed by atoms with Crippen LogP contribution >= 0.6 is 0 Å². The van der Waals surface area contributed by atoms with Crippen LogP contribution in [-0.2, 0) is 0 Å². The van der Waals surface area contributed by atoms with Gasteiger partial charge in [-0.2, -0.15) is 4.52 Å². The number of alkyl halides is 2. The van der Waals surface area contributed by atoms with Crippen LogP contribution in [0.1, 0.15) is 51.8 Å². The molecule has 0 aliphatic carbocycles. The van der Waals surface area contributed by atoms with Gasteiger partial charge >= 0.3 is 0 Å². The van der Waals surface area contributed by atoms with Crippen LogP contribution < -0.4 is 4.90 Å². The van der Waals surface area contributed by atoms with Gasteiger partial charge in [0.2, 0.25) is 5.82 Å². The Balaban J connectivity index is 1.98.